The number of hydrogen-bond donors (Lipinski definition) is 2. The molecule has 3 aromatic rings. The molecule has 0 bridgehead atoms. The van der Waals surface area contributed by atoms with E-state index in [0.29, 0.717) is 5.75 Å². The molecule has 0 aromatic heterocycles. The number of hydrogen-bond acceptors (Lipinski definition) is 2. The molecule has 0 radical (unpaired) electrons. The van der Waals surface area contributed by atoms with Crippen molar-refractivity contribution in [2.75, 3.05) is 0 Å². The summed E-state index contributed by atoms with van der Waals surface area (Å²) in [7, 11) is 0. The molecule has 0 aliphatic carbocycles. The van der Waals surface area contributed by atoms with Crippen LogP contribution in [0, 0.1) is 0 Å². The Kier molecular flexibility index (Phi) is 2.59. The van der Waals surface area contributed by atoms with Crippen LogP contribution in [0.1, 0.15) is 25.3 Å². The maximum absolute atomic E-state index is 10.1. The van der Waals surface area contributed by atoms with Gasteiger partial charge in [-0.1, -0.05) is 38.1 Å². The monoisotopic (exact) mass is 252 g/mol. The number of aromatic hydroxyl groups is 2. The predicted molar refractivity (Wildman–Crippen MR) is 78.9 cm³/mol. The summed E-state index contributed by atoms with van der Waals surface area (Å²) in [5, 5.41) is 23.9. The van der Waals surface area contributed by atoms with Gasteiger partial charge in [0.15, 0.2) is 0 Å². The molecule has 3 rings (SSSR count). The third kappa shape index (κ3) is 1.80. The van der Waals surface area contributed by atoms with Crippen molar-refractivity contribution in [2.45, 2.75) is 19.8 Å². The number of fused-ring (bicyclic) bond motifs is 3. The first-order valence-corrected chi connectivity index (χ1v) is 6.45. The largest absolute Gasteiger partial charge is 0.508 e. The van der Waals surface area contributed by atoms with Gasteiger partial charge in [-0.25, -0.2) is 0 Å². The standard InChI is InChI=1S/C17H16O2/c1-10(2)17-15-5-3-11-9-12(18)4-6-13(11)14(15)7-8-16(17)19/h3-10,18-19H,1-2H3. The van der Waals surface area contributed by atoms with E-state index >= 15 is 0 Å². The summed E-state index contributed by atoms with van der Waals surface area (Å²) in [4.78, 5) is 0. The summed E-state index contributed by atoms with van der Waals surface area (Å²) in [5.74, 6) is 0.883. The van der Waals surface area contributed by atoms with Gasteiger partial charge in [0.05, 0.1) is 0 Å². The zero-order valence-electron chi connectivity index (χ0n) is 11.0. The molecule has 0 heterocycles. The van der Waals surface area contributed by atoms with Gasteiger partial charge in [0.2, 0.25) is 0 Å². The van der Waals surface area contributed by atoms with Crippen LogP contribution in [0.15, 0.2) is 42.5 Å². The van der Waals surface area contributed by atoms with Crippen molar-refractivity contribution >= 4 is 21.5 Å². The summed E-state index contributed by atoms with van der Waals surface area (Å²) in [5.41, 5.74) is 0.979. The van der Waals surface area contributed by atoms with E-state index in [4.69, 9.17) is 0 Å². The van der Waals surface area contributed by atoms with Gasteiger partial charge in [-0.05, 0) is 45.7 Å². The summed E-state index contributed by atoms with van der Waals surface area (Å²) in [6.07, 6.45) is 0. The van der Waals surface area contributed by atoms with Gasteiger partial charge in [-0.3, -0.25) is 0 Å². The molecule has 2 nitrogen and oxygen atoms in total. The van der Waals surface area contributed by atoms with E-state index in [0.717, 1.165) is 27.1 Å². The van der Waals surface area contributed by atoms with Gasteiger partial charge < -0.3 is 10.2 Å². The first kappa shape index (κ1) is 11.8. The molecule has 96 valence electrons. The van der Waals surface area contributed by atoms with Crippen molar-refractivity contribution in [1.82, 2.24) is 0 Å². The molecular formula is C17H16O2. The topological polar surface area (TPSA) is 40.5 Å². The number of phenols is 2. The zero-order valence-corrected chi connectivity index (χ0v) is 11.0. The van der Waals surface area contributed by atoms with Crippen molar-refractivity contribution in [3.63, 3.8) is 0 Å². The molecule has 0 saturated heterocycles. The van der Waals surface area contributed by atoms with Crippen molar-refractivity contribution in [3.05, 3.63) is 48.0 Å². The van der Waals surface area contributed by atoms with Crippen LogP contribution in [0.4, 0.5) is 0 Å². The Bertz CT molecular complexity index is 773. The highest BCUT2D eigenvalue weighted by Gasteiger charge is 2.12. The van der Waals surface area contributed by atoms with E-state index < -0.39 is 0 Å². The van der Waals surface area contributed by atoms with Crippen LogP contribution in [-0.4, -0.2) is 10.2 Å². The lowest BCUT2D eigenvalue weighted by molar-refractivity contribution is 0.466. The first-order valence-electron chi connectivity index (χ1n) is 6.45. The second kappa shape index (κ2) is 4.16. The quantitative estimate of drug-likeness (QED) is 0.625. The van der Waals surface area contributed by atoms with Crippen LogP contribution in [-0.2, 0) is 0 Å². The molecule has 0 fully saturated rings. The fraction of sp³-hybridized carbons (Fsp3) is 0.176. The van der Waals surface area contributed by atoms with Gasteiger partial charge in [0.1, 0.15) is 11.5 Å². The van der Waals surface area contributed by atoms with Crippen molar-refractivity contribution < 1.29 is 10.2 Å². The first-order chi connectivity index (χ1) is 9.08. The Morgan fingerprint density at radius 3 is 2.21 bits per heavy atom. The molecule has 0 saturated carbocycles. The Labute approximate surface area is 111 Å². The van der Waals surface area contributed by atoms with Crippen LogP contribution in [0.25, 0.3) is 21.5 Å². The fourth-order valence-electron chi connectivity index (χ4n) is 2.75. The van der Waals surface area contributed by atoms with Crippen LogP contribution in [0.3, 0.4) is 0 Å². The van der Waals surface area contributed by atoms with Crippen molar-refractivity contribution in [3.8, 4) is 11.5 Å². The lowest BCUT2D eigenvalue weighted by Gasteiger charge is -2.14. The summed E-state index contributed by atoms with van der Waals surface area (Å²) < 4.78 is 0. The van der Waals surface area contributed by atoms with Crippen molar-refractivity contribution in [2.24, 2.45) is 0 Å². The average Bonchev–Trinajstić information content (AvgIpc) is 2.37. The highest BCUT2D eigenvalue weighted by molar-refractivity contribution is 6.09. The molecule has 2 heteroatoms. The van der Waals surface area contributed by atoms with E-state index in [1.54, 1.807) is 18.2 Å². The average molecular weight is 252 g/mol. The highest BCUT2D eigenvalue weighted by atomic mass is 16.3. The van der Waals surface area contributed by atoms with Gasteiger partial charge in [-0.15, -0.1) is 0 Å². The van der Waals surface area contributed by atoms with Crippen LogP contribution in [0.5, 0.6) is 11.5 Å². The summed E-state index contributed by atoms with van der Waals surface area (Å²) in [6.45, 7) is 4.16. The molecule has 0 aliphatic heterocycles. The molecule has 3 aromatic carbocycles. The third-order valence-electron chi connectivity index (χ3n) is 3.60. The maximum atomic E-state index is 10.1. The Balaban J connectivity index is 2.48. The minimum absolute atomic E-state index is 0.262. The van der Waals surface area contributed by atoms with E-state index in [1.165, 1.54) is 0 Å². The molecule has 0 amide bonds. The van der Waals surface area contributed by atoms with E-state index in [2.05, 4.69) is 13.8 Å². The van der Waals surface area contributed by atoms with Crippen LogP contribution >= 0.6 is 0 Å². The molecule has 19 heavy (non-hydrogen) atoms. The predicted octanol–water partition coefficient (Wildman–Crippen LogP) is 4.53. The molecule has 0 atom stereocenters. The van der Waals surface area contributed by atoms with Gasteiger partial charge in [-0.2, -0.15) is 0 Å². The Morgan fingerprint density at radius 1 is 0.789 bits per heavy atom. The second-order valence-electron chi connectivity index (χ2n) is 5.22. The van der Waals surface area contributed by atoms with Gasteiger partial charge in [0, 0.05) is 5.56 Å². The van der Waals surface area contributed by atoms with Crippen LogP contribution < -0.4 is 0 Å². The normalized spacial score (nSPS) is 11.5. The Hall–Kier alpha value is -2.22. The van der Waals surface area contributed by atoms with E-state index in [1.807, 2.05) is 24.3 Å². The van der Waals surface area contributed by atoms with E-state index in [-0.39, 0.29) is 11.7 Å². The van der Waals surface area contributed by atoms with Gasteiger partial charge in [0.25, 0.3) is 0 Å². The third-order valence-corrected chi connectivity index (χ3v) is 3.60. The second-order valence-corrected chi connectivity index (χ2v) is 5.22. The number of rotatable bonds is 1. The van der Waals surface area contributed by atoms with E-state index in [9.17, 15) is 10.2 Å². The Morgan fingerprint density at radius 2 is 1.47 bits per heavy atom. The van der Waals surface area contributed by atoms with Crippen molar-refractivity contribution in [1.29, 1.82) is 0 Å². The smallest absolute Gasteiger partial charge is 0.119 e. The highest BCUT2D eigenvalue weighted by Crippen LogP contribution is 2.37. The SMILES string of the molecule is CC(C)c1c(O)ccc2c1ccc1cc(O)ccc12. The lowest BCUT2D eigenvalue weighted by atomic mass is 9.92. The lowest BCUT2D eigenvalue weighted by Crippen LogP contribution is -1.91. The number of benzene rings is 3. The zero-order chi connectivity index (χ0) is 13.6. The fourth-order valence-corrected chi connectivity index (χ4v) is 2.75. The van der Waals surface area contributed by atoms with Gasteiger partial charge >= 0.3 is 0 Å². The molecule has 0 spiro atoms. The summed E-state index contributed by atoms with van der Waals surface area (Å²) >= 11 is 0. The molecule has 0 unspecified atom stereocenters. The molecule has 0 aliphatic rings. The number of phenolic OH excluding ortho intramolecular Hbond substituents is 2. The molecular weight excluding hydrogens is 236 g/mol. The molecule has 2 N–H and O–H groups in total. The maximum Gasteiger partial charge on any atom is 0.119 e. The van der Waals surface area contributed by atoms with Crippen LogP contribution in [0.2, 0.25) is 0 Å². The minimum Gasteiger partial charge on any atom is -0.508 e. The minimum atomic E-state index is 0.262. The summed E-state index contributed by atoms with van der Waals surface area (Å²) in [6, 6.07) is 13.1.